The molecule has 0 fully saturated rings. The molecule has 122 valence electrons. The van der Waals surface area contributed by atoms with Gasteiger partial charge in [-0.05, 0) is 42.0 Å². The van der Waals surface area contributed by atoms with Crippen LogP contribution in [0.25, 0.3) is 16.7 Å². The molecule has 0 saturated heterocycles. The van der Waals surface area contributed by atoms with Crippen molar-refractivity contribution in [3.63, 3.8) is 0 Å². The molecule has 0 spiro atoms. The monoisotopic (exact) mass is 346 g/mol. The molecule has 4 rings (SSSR count). The van der Waals surface area contributed by atoms with Gasteiger partial charge >= 0.3 is 0 Å². The van der Waals surface area contributed by atoms with Crippen molar-refractivity contribution in [1.29, 1.82) is 0 Å². The Bertz CT molecular complexity index is 1070. The van der Waals surface area contributed by atoms with Gasteiger partial charge in [-0.25, -0.2) is 4.98 Å². The topological polar surface area (TPSA) is 34.9 Å². The first-order valence-corrected chi connectivity index (χ1v) is 8.39. The van der Waals surface area contributed by atoms with Gasteiger partial charge in [-0.2, -0.15) is 0 Å². The van der Waals surface area contributed by atoms with Crippen molar-refractivity contribution < 1.29 is 4.79 Å². The van der Waals surface area contributed by atoms with E-state index in [1.165, 1.54) is 0 Å². The Hall–Kier alpha value is -2.91. The molecule has 4 heteroatoms. The fourth-order valence-corrected chi connectivity index (χ4v) is 3.18. The van der Waals surface area contributed by atoms with Gasteiger partial charge in [0.25, 0.3) is 0 Å². The van der Waals surface area contributed by atoms with Crippen LogP contribution < -0.4 is 0 Å². The molecule has 0 N–H and O–H groups in total. The standard InChI is InChI=1S/C21H15ClN2O/c22-18-8-3-6-17(13-18)20(25)14-16-5-1-2-9-19(16)24-12-10-15-7-4-11-23-21(15)24/h1-13H,14H2. The lowest BCUT2D eigenvalue weighted by molar-refractivity contribution is 0.0993. The molecule has 0 unspecified atom stereocenters. The average Bonchev–Trinajstić information content (AvgIpc) is 3.06. The lowest BCUT2D eigenvalue weighted by Crippen LogP contribution is -2.07. The third kappa shape index (κ3) is 3.06. The summed E-state index contributed by atoms with van der Waals surface area (Å²) in [4.78, 5) is 17.1. The number of fused-ring (bicyclic) bond motifs is 1. The molecule has 0 atom stereocenters. The second-order valence-electron chi connectivity index (χ2n) is 5.84. The minimum atomic E-state index is 0.0411. The molecule has 0 aliphatic carbocycles. The van der Waals surface area contributed by atoms with Crippen molar-refractivity contribution in [3.8, 4) is 5.69 Å². The van der Waals surface area contributed by atoms with Crippen molar-refractivity contribution in [2.75, 3.05) is 0 Å². The van der Waals surface area contributed by atoms with E-state index in [1.807, 2.05) is 53.2 Å². The summed E-state index contributed by atoms with van der Waals surface area (Å²) >= 11 is 6.01. The molecule has 2 aromatic heterocycles. The second kappa shape index (κ2) is 6.54. The lowest BCUT2D eigenvalue weighted by atomic mass is 10.0. The van der Waals surface area contributed by atoms with E-state index in [4.69, 9.17) is 11.6 Å². The number of nitrogens with zero attached hydrogens (tertiary/aromatic N) is 2. The zero-order chi connectivity index (χ0) is 17.2. The normalized spacial score (nSPS) is 10.9. The Morgan fingerprint density at radius 3 is 2.76 bits per heavy atom. The van der Waals surface area contributed by atoms with E-state index in [1.54, 1.807) is 30.5 Å². The van der Waals surface area contributed by atoms with Crippen LogP contribution in [0, 0.1) is 0 Å². The van der Waals surface area contributed by atoms with Gasteiger partial charge in [0.2, 0.25) is 0 Å². The summed E-state index contributed by atoms with van der Waals surface area (Å²) < 4.78 is 2.02. The second-order valence-corrected chi connectivity index (χ2v) is 6.28. The average molecular weight is 347 g/mol. The number of hydrogen-bond acceptors (Lipinski definition) is 2. The molecular weight excluding hydrogens is 332 g/mol. The lowest BCUT2D eigenvalue weighted by Gasteiger charge is -2.11. The van der Waals surface area contributed by atoms with Crippen LogP contribution in [-0.2, 0) is 6.42 Å². The Kier molecular flexibility index (Phi) is 4.08. The van der Waals surface area contributed by atoms with Crippen LogP contribution in [0.1, 0.15) is 15.9 Å². The van der Waals surface area contributed by atoms with Crippen molar-refractivity contribution in [1.82, 2.24) is 9.55 Å². The van der Waals surface area contributed by atoms with Crippen molar-refractivity contribution in [2.45, 2.75) is 6.42 Å². The maximum absolute atomic E-state index is 12.7. The maximum atomic E-state index is 12.7. The van der Waals surface area contributed by atoms with Crippen LogP contribution in [0.3, 0.4) is 0 Å². The Labute approximate surface area is 150 Å². The molecule has 25 heavy (non-hydrogen) atoms. The highest BCUT2D eigenvalue weighted by molar-refractivity contribution is 6.31. The van der Waals surface area contributed by atoms with E-state index in [0.29, 0.717) is 17.0 Å². The fraction of sp³-hybridized carbons (Fsp3) is 0.0476. The number of hydrogen-bond donors (Lipinski definition) is 0. The first-order valence-electron chi connectivity index (χ1n) is 8.01. The largest absolute Gasteiger partial charge is 0.301 e. The van der Waals surface area contributed by atoms with Gasteiger partial charge < -0.3 is 4.57 Å². The van der Waals surface area contributed by atoms with Crippen LogP contribution in [0.5, 0.6) is 0 Å². The number of halogens is 1. The summed E-state index contributed by atoms with van der Waals surface area (Å²) in [5.41, 5.74) is 3.42. The van der Waals surface area contributed by atoms with Gasteiger partial charge in [0.05, 0.1) is 5.69 Å². The zero-order valence-electron chi connectivity index (χ0n) is 13.4. The highest BCUT2D eigenvalue weighted by atomic mass is 35.5. The van der Waals surface area contributed by atoms with Gasteiger partial charge in [-0.3, -0.25) is 4.79 Å². The van der Waals surface area contributed by atoms with Crippen LogP contribution in [0.15, 0.2) is 79.1 Å². The smallest absolute Gasteiger partial charge is 0.167 e. The third-order valence-corrected chi connectivity index (χ3v) is 4.43. The van der Waals surface area contributed by atoms with Crippen LogP contribution >= 0.6 is 11.6 Å². The summed E-state index contributed by atoms with van der Waals surface area (Å²) in [5.74, 6) is 0.0411. The summed E-state index contributed by atoms with van der Waals surface area (Å²) in [6.45, 7) is 0. The number of carbonyl (C=O) groups excluding carboxylic acids is 1. The highest BCUT2D eigenvalue weighted by Crippen LogP contribution is 2.23. The SMILES string of the molecule is O=C(Cc1ccccc1-n1ccc2cccnc21)c1cccc(Cl)c1. The van der Waals surface area contributed by atoms with Crippen LogP contribution in [0.2, 0.25) is 5.02 Å². The molecule has 2 aromatic carbocycles. The van der Waals surface area contributed by atoms with E-state index in [2.05, 4.69) is 4.98 Å². The van der Waals surface area contributed by atoms with Gasteiger partial charge in [-0.1, -0.05) is 41.9 Å². The zero-order valence-corrected chi connectivity index (χ0v) is 14.1. The maximum Gasteiger partial charge on any atom is 0.167 e. The number of Topliss-reactive ketones (excluding diaryl/α,β-unsaturated/α-hetero) is 1. The molecular formula is C21H15ClN2O. The fourth-order valence-electron chi connectivity index (χ4n) is 2.99. The van der Waals surface area contributed by atoms with E-state index in [0.717, 1.165) is 22.3 Å². The summed E-state index contributed by atoms with van der Waals surface area (Å²) in [5, 5.41) is 1.64. The third-order valence-electron chi connectivity index (χ3n) is 4.20. The molecule has 0 amide bonds. The molecule has 3 nitrogen and oxygen atoms in total. The molecule has 0 radical (unpaired) electrons. The molecule has 4 aromatic rings. The van der Waals surface area contributed by atoms with E-state index in [-0.39, 0.29) is 5.78 Å². The predicted molar refractivity (Wildman–Crippen MR) is 101 cm³/mol. The summed E-state index contributed by atoms with van der Waals surface area (Å²) in [6, 6.07) is 20.9. The number of benzene rings is 2. The number of carbonyl (C=O) groups is 1. The van der Waals surface area contributed by atoms with Gasteiger partial charge in [0, 0.05) is 34.8 Å². The van der Waals surface area contributed by atoms with E-state index in [9.17, 15) is 4.79 Å². The van der Waals surface area contributed by atoms with Crippen molar-refractivity contribution >= 4 is 28.4 Å². The summed E-state index contributed by atoms with van der Waals surface area (Å²) in [7, 11) is 0. The van der Waals surface area contributed by atoms with Gasteiger partial charge in [0.15, 0.2) is 5.78 Å². The number of para-hydroxylation sites is 1. The first-order chi connectivity index (χ1) is 12.2. The number of rotatable bonds is 4. The van der Waals surface area contributed by atoms with Gasteiger partial charge in [0.1, 0.15) is 5.65 Å². The Morgan fingerprint density at radius 1 is 1.00 bits per heavy atom. The molecule has 0 aliphatic heterocycles. The molecule has 0 bridgehead atoms. The summed E-state index contributed by atoms with van der Waals surface area (Å²) in [6.07, 6.45) is 4.07. The quantitative estimate of drug-likeness (QED) is 0.481. The van der Waals surface area contributed by atoms with Gasteiger partial charge in [-0.15, -0.1) is 0 Å². The van der Waals surface area contributed by atoms with Crippen LogP contribution in [0.4, 0.5) is 0 Å². The minimum absolute atomic E-state index is 0.0411. The Morgan fingerprint density at radius 2 is 1.88 bits per heavy atom. The van der Waals surface area contributed by atoms with Crippen LogP contribution in [-0.4, -0.2) is 15.3 Å². The number of aromatic nitrogens is 2. The Balaban J connectivity index is 1.74. The van der Waals surface area contributed by atoms with E-state index < -0.39 is 0 Å². The minimum Gasteiger partial charge on any atom is -0.301 e. The predicted octanol–water partition coefficient (Wildman–Crippen LogP) is 5.10. The number of pyridine rings is 1. The molecule has 0 saturated carbocycles. The van der Waals surface area contributed by atoms with Crippen molar-refractivity contribution in [2.24, 2.45) is 0 Å². The van der Waals surface area contributed by atoms with E-state index >= 15 is 0 Å². The van der Waals surface area contributed by atoms with Crippen molar-refractivity contribution in [3.05, 3.63) is 95.3 Å². The first kappa shape index (κ1) is 15.6. The molecule has 0 aliphatic rings. The highest BCUT2D eigenvalue weighted by Gasteiger charge is 2.13. The molecule has 2 heterocycles. The number of ketones is 1.